The van der Waals surface area contributed by atoms with E-state index in [1.807, 2.05) is 0 Å². The molecule has 0 aliphatic carbocycles. The SMILES string of the molecule is CCCc1nc2ccccc2n1CCNC(C)(C)CC. The van der Waals surface area contributed by atoms with Gasteiger partial charge in [0.2, 0.25) is 0 Å². The van der Waals surface area contributed by atoms with Gasteiger partial charge in [0.15, 0.2) is 0 Å². The summed E-state index contributed by atoms with van der Waals surface area (Å²) in [5.41, 5.74) is 2.58. The van der Waals surface area contributed by atoms with Gasteiger partial charge in [-0.3, -0.25) is 0 Å². The number of benzene rings is 1. The molecule has 2 aromatic rings. The molecule has 0 unspecified atom stereocenters. The summed E-state index contributed by atoms with van der Waals surface area (Å²) >= 11 is 0. The van der Waals surface area contributed by atoms with Gasteiger partial charge in [-0.05, 0) is 38.8 Å². The Hall–Kier alpha value is -1.35. The first-order valence-electron chi connectivity index (χ1n) is 7.76. The van der Waals surface area contributed by atoms with Crippen molar-refractivity contribution in [2.24, 2.45) is 0 Å². The first-order valence-corrected chi connectivity index (χ1v) is 7.76. The van der Waals surface area contributed by atoms with Crippen molar-refractivity contribution >= 4 is 11.0 Å². The number of fused-ring (bicyclic) bond motifs is 1. The molecule has 0 spiro atoms. The summed E-state index contributed by atoms with van der Waals surface area (Å²) in [5, 5.41) is 3.63. The summed E-state index contributed by atoms with van der Waals surface area (Å²) in [5.74, 6) is 1.21. The van der Waals surface area contributed by atoms with E-state index in [-0.39, 0.29) is 5.54 Å². The van der Waals surface area contributed by atoms with Gasteiger partial charge >= 0.3 is 0 Å². The molecule has 1 aromatic heterocycles. The molecule has 0 amide bonds. The van der Waals surface area contributed by atoms with Gasteiger partial charge < -0.3 is 9.88 Å². The van der Waals surface area contributed by atoms with Crippen LogP contribution in [-0.4, -0.2) is 21.6 Å². The Morgan fingerprint density at radius 1 is 1.20 bits per heavy atom. The summed E-state index contributed by atoms with van der Waals surface area (Å²) in [6, 6.07) is 8.44. The second-order valence-electron chi connectivity index (χ2n) is 6.08. The van der Waals surface area contributed by atoms with E-state index in [0.29, 0.717) is 0 Å². The third-order valence-electron chi connectivity index (χ3n) is 4.03. The van der Waals surface area contributed by atoms with Crippen LogP contribution in [0.1, 0.15) is 46.4 Å². The highest BCUT2D eigenvalue weighted by Gasteiger charge is 2.14. The first kappa shape index (κ1) is 15.0. The Kier molecular flexibility index (Phi) is 4.81. The average molecular weight is 273 g/mol. The van der Waals surface area contributed by atoms with Crippen LogP contribution in [0.3, 0.4) is 0 Å². The summed E-state index contributed by atoms with van der Waals surface area (Å²) in [7, 11) is 0. The van der Waals surface area contributed by atoms with Crippen LogP contribution >= 0.6 is 0 Å². The smallest absolute Gasteiger partial charge is 0.109 e. The van der Waals surface area contributed by atoms with Gasteiger partial charge in [0.1, 0.15) is 5.82 Å². The van der Waals surface area contributed by atoms with Crippen LogP contribution < -0.4 is 5.32 Å². The number of imidazole rings is 1. The molecule has 0 fully saturated rings. The third kappa shape index (κ3) is 3.40. The lowest BCUT2D eigenvalue weighted by Gasteiger charge is -2.25. The maximum absolute atomic E-state index is 4.77. The minimum atomic E-state index is 0.210. The van der Waals surface area contributed by atoms with E-state index in [0.717, 1.165) is 37.9 Å². The highest BCUT2D eigenvalue weighted by Crippen LogP contribution is 2.17. The Morgan fingerprint density at radius 2 is 1.95 bits per heavy atom. The van der Waals surface area contributed by atoms with Gasteiger partial charge in [0.05, 0.1) is 11.0 Å². The van der Waals surface area contributed by atoms with Gasteiger partial charge in [-0.25, -0.2) is 4.98 Å². The van der Waals surface area contributed by atoms with Crippen molar-refractivity contribution in [3.63, 3.8) is 0 Å². The van der Waals surface area contributed by atoms with Gasteiger partial charge in [0, 0.05) is 25.0 Å². The number of para-hydroxylation sites is 2. The van der Waals surface area contributed by atoms with Crippen LogP contribution in [0.15, 0.2) is 24.3 Å². The fraction of sp³-hybridized carbons (Fsp3) is 0.588. The average Bonchev–Trinajstić information content (AvgIpc) is 2.77. The van der Waals surface area contributed by atoms with Crippen molar-refractivity contribution in [3.05, 3.63) is 30.1 Å². The predicted octanol–water partition coefficient (Wildman–Crippen LogP) is 3.77. The second kappa shape index (κ2) is 6.40. The van der Waals surface area contributed by atoms with E-state index in [4.69, 9.17) is 4.98 Å². The molecule has 0 bridgehead atoms. The van der Waals surface area contributed by atoms with Crippen molar-refractivity contribution in [3.8, 4) is 0 Å². The van der Waals surface area contributed by atoms with Crippen LogP contribution in [-0.2, 0) is 13.0 Å². The quantitative estimate of drug-likeness (QED) is 0.832. The maximum atomic E-state index is 4.77. The molecule has 3 heteroatoms. The topological polar surface area (TPSA) is 29.9 Å². The van der Waals surface area contributed by atoms with E-state index in [1.54, 1.807) is 0 Å². The van der Waals surface area contributed by atoms with Crippen LogP contribution in [0.25, 0.3) is 11.0 Å². The zero-order valence-corrected chi connectivity index (χ0v) is 13.2. The molecule has 3 nitrogen and oxygen atoms in total. The van der Waals surface area contributed by atoms with Crippen molar-refractivity contribution in [2.45, 2.75) is 59.0 Å². The summed E-state index contributed by atoms with van der Waals surface area (Å²) in [6.45, 7) is 10.9. The molecular formula is C17H27N3. The number of aromatic nitrogens is 2. The highest BCUT2D eigenvalue weighted by molar-refractivity contribution is 5.75. The largest absolute Gasteiger partial charge is 0.327 e. The Balaban J connectivity index is 2.17. The van der Waals surface area contributed by atoms with Crippen LogP contribution in [0.5, 0.6) is 0 Å². The lowest BCUT2D eigenvalue weighted by Crippen LogP contribution is -2.40. The van der Waals surface area contributed by atoms with E-state index in [1.165, 1.54) is 11.3 Å². The summed E-state index contributed by atoms with van der Waals surface area (Å²) < 4.78 is 2.37. The highest BCUT2D eigenvalue weighted by atomic mass is 15.1. The van der Waals surface area contributed by atoms with Crippen molar-refractivity contribution in [2.75, 3.05) is 6.54 Å². The Morgan fingerprint density at radius 3 is 2.65 bits per heavy atom. The van der Waals surface area contributed by atoms with E-state index >= 15 is 0 Å². The predicted molar refractivity (Wildman–Crippen MR) is 86.1 cm³/mol. The molecule has 0 aliphatic heterocycles. The second-order valence-corrected chi connectivity index (χ2v) is 6.08. The molecule has 110 valence electrons. The zero-order valence-electron chi connectivity index (χ0n) is 13.2. The van der Waals surface area contributed by atoms with E-state index in [9.17, 15) is 0 Å². The van der Waals surface area contributed by atoms with Gasteiger partial charge in [-0.15, -0.1) is 0 Å². The Bertz CT molecular complexity index is 554. The zero-order chi connectivity index (χ0) is 14.6. The molecule has 0 radical (unpaired) electrons. The molecule has 0 saturated carbocycles. The minimum absolute atomic E-state index is 0.210. The first-order chi connectivity index (χ1) is 9.57. The molecule has 1 aromatic carbocycles. The number of nitrogens with one attached hydrogen (secondary N) is 1. The molecule has 0 saturated heterocycles. The minimum Gasteiger partial charge on any atom is -0.327 e. The fourth-order valence-electron chi connectivity index (χ4n) is 2.42. The molecule has 1 heterocycles. The molecular weight excluding hydrogens is 246 g/mol. The number of rotatable bonds is 7. The standard InChI is InChI=1S/C17H27N3/c1-5-9-16-19-14-10-7-8-11-15(14)20(16)13-12-18-17(3,4)6-2/h7-8,10-11,18H,5-6,9,12-13H2,1-4H3. The summed E-state index contributed by atoms with van der Waals surface area (Å²) in [6.07, 6.45) is 3.32. The number of hydrogen-bond acceptors (Lipinski definition) is 2. The van der Waals surface area contributed by atoms with Crippen LogP contribution in [0.2, 0.25) is 0 Å². The van der Waals surface area contributed by atoms with Gasteiger partial charge in [0.25, 0.3) is 0 Å². The van der Waals surface area contributed by atoms with Crippen LogP contribution in [0, 0.1) is 0 Å². The molecule has 0 aliphatic rings. The third-order valence-corrected chi connectivity index (χ3v) is 4.03. The van der Waals surface area contributed by atoms with Gasteiger partial charge in [-0.1, -0.05) is 26.0 Å². The van der Waals surface area contributed by atoms with Gasteiger partial charge in [-0.2, -0.15) is 0 Å². The molecule has 2 rings (SSSR count). The van der Waals surface area contributed by atoms with Crippen molar-refractivity contribution in [1.29, 1.82) is 0 Å². The normalized spacial score (nSPS) is 12.2. The van der Waals surface area contributed by atoms with Crippen molar-refractivity contribution < 1.29 is 0 Å². The number of aryl methyl sites for hydroxylation is 1. The molecule has 20 heavy (non-hydrogen) atoms. The van der Waals surface area contributed by atoms with E-state index < -0.39 is 0 Å². The summed E-state index contributed by atoms with van der Waals surface area (Å²) in [4.78, 5) is 4.77. The Labute approximate surface area is 122 Å². The lowest BCUT2D eigenvalue weighted by molar-refractivity contribution is 0.367. The molecule has 0 atom stereocenters. The number of hydrogen-bond donors (Lipinski definition) is 1. The van der Waals surface area contributed by atoms with Crippen LogP contribution in [0.4, 0.5) is 0 Å². The van der Waals surface area contributed by atoms with E-state index in [2.05, 4.69) is 61.8 Å². The molecule has 1 N–H and O–H groups in total. The fourth-order valence-corrected chi connectivity index (χ4v) is 2.42. The number of nitrogens with zero attached hydrogens (tertiary/aromatic N) is 2. The maximum Gasteiger partial charge on any atom is 0.109 e. The van der Waals surface area contributed by atoms with Crippen molar-refractivity contribution in [1.82, 2.24) is 14.9 Å². The monoisotopic (exact) mass is 273 g/mol. The lowest BCUT2D eigenvalue weighted by atomic mass is 10.0.